The molecule has 0 radical (unpaired) electrons. The minimum absolute atomic E-state index is 0.151. The van der Waals surface area contributed by atoms with Crippen molar-refractivity contribution in [3.8, 4) is 0 Å². The Balaban J connectivity index is 2.77. The molecule has 1 aromatic heterocycles. The number of hydrogen-bond acceptors (Lipinski definition) is 6. The molecule has 1 heterocycles. The lowest BCUT2D eigenvalue weighted by Gasteiger charge is -2.30. The van der Waals surface area contributed by atoms with Gasteiger partial charge in [0.15, 0.2) is 0 Å². The Labute approximate surface area is 107 Å². The number of nitrogens with zero attached hydrogens (tertiary/aromatic N) is 2. The number of rotatable bonds is 8. The molecule has 6 heteroatoms. The molecule has 0 unspecified atom stereocenters. The van der Waals surface area contributed by atoms with Crippen molar-refractivity contribution in [2.24, 2.45) is 0 Å². The third-order valence-corrected chi connectivity index (χ3v) is 2.90. The van der Waals surface area contributed by atoms with Gasteiger partial charge in [-0.3, -0.25) is 0 Å². The van der Waals surface area contributed by atoms with Crippen LogP contribution in [0.4, 0.5) is 11.6 Å². The summed E-state index contributed by atoms with van der Waals surface area (Å²) in [4.78, 5) is 8.19. The fourth-order valence-electron chi connectivity index (χ4n) is 1.49. The minimum Gasteiger partial charge on any atom is -0.394 e. The first-order valence-corrected chi connectivity index (χ1v) is 6.25. The monoisotopic (exact) mass is 254 g/mol. The van der Waals surface area contributed by atoms with Crippen LogP contribution in [0.1, 0.15) is 26.7 Å². The molecular formula is C12H22N4O2. The lowest BCUT2D eigenvalue weighted by Crippen LogP contribution is -2.45. The second-order valence-electron chi connectivity index (χ2n) is 4.29. The summed E-state index contributed by atoms with van der Waals surface area (Å²) in [6.45, 7) is 4.52. The molecule has 0 aliphatic heterocycles. The number of aliphatic hydroxyl groups excluding tert-OH is 2. The van der Waals surface area contributed by atoms with E-state index in [9.17, 15) is 10.2 Å². The van der Waals surface area contributed by atoms with Gasteiger partial charge >= 0.3 is 0 Å². The van der Waals surface area contributed by atoms with Gasteiger partial charge in [0.2, 0.25) is 0 Å². The zero-order valence-electron chi connectivity index (χ0n) is 11.0. The van der Waals surface area contributed by atoms with Crippen LogP contribution >= 0.6 is 0 Å². The molecular weight excluding hydrogens is 232 g/mol. The highest BCUT2D eigenvalue weighted by molar-refractivity contribution is 5.48. The van der Waals surface area contributed by atoms with Crippen molar-refractivity contribution >= 4 is 11.6 Å². The zero-order chi connectivity index (χ0) is 13.4. The molecule has 6 nitrogen and oxygen atoms in total. The molecule has 102 valence electrons. The molecule has 0 amide bonds. The van der Waals surface area contributed by atoms with Gasteiger partial charge in [0.1, 0.15) is 18.0 Å². The first kappa shape index (κ1) is 14.7. The van der Waals surface area contributed by atoms with Crippen LogP contribution in [-0.2, 0) is 0 Å². The zero-order valence-corrected chi connectivity index (χ0v) is 11.0. The van der Waals surface area contributed by atoms with E-state index >= 15 is 0 Å². The molecule has 0 spiro atoms. The number of nitrogens with one attached hydrogen (secondary N) is 2. The predicted molar refractivity (Wildman–Crippen MR) is 71.6 cm³/mol. The molecule has 0 aliphatic rings. The molecule has 4 N–H and O–H groups in total. The Bertz CT molecular complexity index is 347. The number of hydrogen-bond donors (Lipinski definition) is 4. The van der Waals surface area contributed by atoms with E-state index in [2.05, 4.69) is 27.5 Å². The maximum Gasteiger partial charge on any atom is 0.132 e. The van der Waals surface area contributed by atoms with Crippen molar-refractivity contribution in [3.63, 3.8) is 0 Å². The van der Waals surface area contributed by atoms with Gasteiger partial charge in [0, 0.05) is 12.6 Å². The van der Waals surface area contributed by atoms with Crippen molar-refractivity contribution in [2.45, 2.75) is 32.2 Å². The Kier molecular flexibility index (Phi) is 5.80. The lowest BCUT2D eigenvalue weighted by molar-refractivity contribution is 0.132. The Morgan fingerprint density at radius 3 is 2.39 bits per heavy atom. The van der Waals surface area contributed by atoms with E-state index in [4.69, 9.17) is 0 Å². The quantitative estimate of drug-likeness (QED) is 0.550. The van der Waals surface area contributed by atoms with Crippen LogP contribution in [0.15, 0.2) is 12.4 Å². The van der Waals surface area contributed by atoms with Crippen molar-refractivity contribution in [1.29, 1.82) is 0 Å². The molecule has 0 saturated carbocycles. The molecule has 1 aromatic rings. The van der Waals surface area contributed by atoms with E-state index in [1.807, 2.05) is 6.92 Å². The van der Waals surface area contributed by atoms with Gasteiger partial charge in [-0.05, 0) is 12.8 Å². The van der Waals surface area contributed by atoms with Crippen molar-refractivity contribution < 1.29 is 10.2 Å². The first-order chi connectivity index (χ1) is 8.69. The fraction of sp³-hybridized carbons (Fsp3) is 0.667. The van der Waals surface area contributed by atoms with Gasteiger partial charge in [-0.25, -0.2) is 9.97 Å². The Hall–Kier alpha value is -1.40. The second-order valence-corrected chi connectivity index (χ2v) is 4.29. The maximum absolute atomic E-state index is 9.37. The van der Waals surface area contributed by atoms with Gasteiger partial charge in [-0.15, -0.1) is 0 Å². The minimum atomic E-state index is -0.740. The molecule has 0 aliphatic carbocycles. The normalized spacial score (nSPS) is 11.3. The summed E-state index contributed by atoms with van der Waals surface area (Å²) in [5, 5.41) is 25.0. The van der Waals surface area contributed by atoms with Crippen molar-refractivity contribution in [2.75, 3.05) is 30.4 Å². The van der Waals surface area contributed by atoms with Gasteiger partial charge in [-0.2, -0.15) is 0 Å². The standard InChI is InChI=1S/C12H22N4O2/c1-3-5-13-10-6-11(15-9-14-10)16-12(4-2,7-17)8-18/h6,9,17-18H,3-5,7-8H2,1-2H3,(H2,13,14,15,16). The lowest BCUT2D eigenvalue weighted by atomic mass is 9.98. The largest absolute Gasteiger partial charge is 0.394 e. The van der Waals surface area contributed by atoms with E-state index in [-0.39, 0.29) is 13.2 Å². The fourth-order valence-corrected chi connectivity index (χ4v) is 1.49. The molecule has 18 heavy (non-hydrogen) atoms. The molecule has 0 fully saturated rings. The summed E-state index contributed by atoms with van der Waals surface area (Å²) < 4.78 is 0. The van der Waals surface area contributed by atoms with E-state index in [0.717, 1.165) is 18.8 Å². The maximum atomic E-state index is 9.37. The van der Waals surface area contributed by atoms with E-state index in [1.165, 1.54) is 6.33 Å². The van der Waals surface area contributed by atoms with Gasteiger partial charge in [-0.1, -0.05) is 13.8 Å². The topological polar surface area (TPSA) is 90.3 Å². The van der Waals surface area contributed by atoms with E-state index < -0.39 is 5.54 Å². The highest BCUT2D eigenvalue weighted by atomic mass is 16.3. The van der Waals surface area contributed by atoms with Gasteiger partial charge in [0.25, 0.3) is 0 Å². The summed E-state index contributed by atoms with van der Waals surface area (Å²) in [6, 6.07) is 1.77. The SMILES string of the molecule is CCCNc1cc(NC(CC)(CO)CO)ncn1. The van der Waals surface area contributed by atoms with Crippen LogP contribution in [0.5, 0.6) is 0 Å². The van der Waals surface area contributed by atoms with Crippen molar-refractivity contribution in [3.05, 3.63) is 12.4 Å². The van der Waals surface area contributed by atoms with Crippen LogP contribution < -0.4 is 10.6 Å². The summed E-state index contributed by atoms with van der Waals surface area (Å²) in [6.07, 6.45) is 3.07. The summed E-state index contributed by atoms with van der Waals surface area (Å²) in [7, 11) is 0. The number of anilines is 2. The molecule has 0 aromatic carbocycles. The Morgan fingerprint density at radius 2 is 1.83 bits per heavy atom. The molecule has 0 saturated heterocycles. The van der Waals surface area contributed by atoms with Crippen LogP contribution in [0.3, 0.4) is 0 Å². The van der Waals surface area contributed by atoms with Gasteiger partial charge in [0.05, 0.1) is 18.8 Å². The number of aromatic nitrogens is 2. The summed E-state index contributed by atoms with van der Waals surface area (Å²) >= 11 is 0. The summed E-state index contributed by atoms with van der Waals surface area (Å²) in [5.41, 5.74) is -0.740. The number of aliphatic hydroxyl groups is 2. The first-order valence-electron chi connectivity index (χ1n) is 6.25. The van der Waals surface area contributed by atoms with Crippen LogP contribution in [0.2, 0.25) is 0 Å². The molecule has 0 atom stereocenters. The average Bonchev–Trinajstić information content (AvgIpc) is 2.43. The Morgan fingerprint density at radius 1 is 1.17 bits per heavy atom. The van der Waals surface area contributed by atoms with Crippen molar-refractivity contribution in [1.82, 2.24) is 9.97 Å². The highest BCUT2D eigenvalue weighted by Crippen LogP contribution is 2.17. The smallest absolute Gasteiger partial charge is 0.132 e. The second kappa shape index (κ2) is 7.13. The average molecular weight is 254 g/mol. The molecule has 0 bridgehead atoms. The van der Waals surface area contributed by atoms with E-state index in [0.29, 0.717) is 12.2 Å². The molecule has 1 rings (SSSR count). The summed E-state index contributed by atoms with van der Waals surface area (Å²) in [5.74, 6) is 1.32. The predicted octanol–water partition coefficient (Wildman–Crippen LogP) is 0.844. The van der Waals surface area contributed by atoms with Crippen LogP contribution in [0, 0.1) is 0 Å². The highest BCUT2D eigenvalue weighted by Gasteiger charge is 2.26. The van der Waals surface area contributed by atoms with Crippen LogP contribution in [0.25, 0.3) is 0 Å². The van der Waals surface area contributed by atoms with Crippen LogP contribution in [-0.4, -0.2) is 45.5 Å². The third kappa shape index (κ3) is 3.82. The van der Waals surface area contributed by atoms with Gasteiger partial charge < -0.3 is 20.8 Å². The van der Waals surface area contributed by atoms with E-state index in [1.54, 1.807) is 6.07 Å². The third-order valence-electron chi connectivity index (χ3n) is 2.90.